The summed E-state index contributed by atoms with van der Waals surface area (Å²) >= 11 is 0. The molecule has 12 nitrogen and oxygen atoms in total. The first-order chi connectivity index (χ1) is 11.0. The van der Waals surface area contributed by atoms with Crippen LogP contribution < -0.4 is 27.4 Å². The molecule has 0 saturated heterocycles. The minimum atomic E-state index is -3.06. The van der Waals surface area contributed by atoms with E-state index in [2.05, 4.69) is 9.73 Å². The summed E-state index contributed by atoms with van der Waals surface area (Å²) in [4.78, 5) is 47.8. The Labute approximate surface area is 172 Å². The van der Waals surface area contributed by atoms with Crippen LogP contribution in [0.4, 0.5) is 0 Å². The Morgan fingerprint density at radius 2 is 1.72 bits per heavy atom. The second-order valence-electron chi connectivity index (χ2n) is 4.89. The van der Waals surface area contributed by atoms with Gasteiger partial charge in [0, 0.05) is 18.9 Å². The number of aliphatic carboxylic acids is 2. The number of carbonyl (C=O) groups is 4. The third-order valence-corrected chi connectivity index (χ3v) is 2.74. The van der Waals surface area contributed by atoms with Crippen molar-refractivity contribution in [1.29, 1.82) is 0 Å². The smallest absolute Gasteiger partial charge is 0.550 e. The molecule has 0 spiro atoms. The monoisotopic (exact) mass is 386 g/mol. The number of esters is 2. The van der Waals surface area contributed by atoms with Crippen LogP contribution in [0.1, 0.15) is 25.7 Å². The fourth-order valence-corrected chi connectivity index (χ4v) is 1.55. The standard InChI is InChI=1S/C12H20N4O8.Ca/c13-6(2-1-3-16-11(14)15)9(20)24-8(19)5-12(23,10(21)22)4-7(17)18;/h6,23H,1-5,13H2,(H,17,18)(H,21,22)(H4,14,15,16);/q;+2/p-2/t6-,12?;/m0./s1. The fourth-order valence-electron chi connectivity index (χ4n) is 1.55. The van der Waals surface area contributed by atoms with Crippen molar-refractivity contribution in [2.24, 2.45) is 22.2 Å². The van der Waals surface area contributed by atoms with Gasteiger partial charge in [0.2, 0.25) is 0 Å². The van der Waals surface area contributed by atoms with Gasteiger partial charge in [0.05, 0.1) is 12.4 Å². The number of ether oxygens (including phenoxy) is 1. The van der Waals surface area contributed by atoms with E-state index in [1.54, 1.807) is 0 Å². The zero-order valence-electron chi connectivity index (χ0n) is 13.3. The van der Waals surface area contributed by atoms with Crippen molar-refractivity contribution >= 4 is 67.6 Å². The van der Waals surface area contributed by atoms with Gasteiger partial charge in [-0.25, -0.2) is 4.79 Å². The Balaban J connectivity index is 0. The van der Waals surface area contributed by atoms with Crippen molar-refractivity contribution in [2.45, 2.75) is 37.3 Å². The van der Waals surface area contributed by atoms with E-state index < -0.39 is 48.4 Å². The number of hydrogen-bond acceptors (Lipinski definition) is 10. The van der Waals surface area contributed by atoms with Crippen LogP contribution in [-0.4, -0.2) is 90.9 Å². The van der Waals surface area contributed by atoms with Crippen LogP contribution in [0, 0.1) is 0 Å². The van der Waals surface area contributed by atoms with Gasteiger partial charge in [0.15, 0.2) is 5.96 Å². The van der Waals surface area contributed by atoms with Crippen LogP contribution >= 0.6 is 0 Å². The first-order valence-electron chi connectivity index (χ1n) is 6.67. The Bertz CT molecular complexity index is 537. The topological polar surface area (TPSA) is 234 Å². The number of aliphatic imine (C=N–C) groups is 1. The summed E-state index contributed by atoms with van der Waals surface area (Å²) < 4.78 is 4.27. The normalized spacial score (nSPS) is 13.5. The molecule has 0 saturated carbocycles. The van der Waals surface area contributed by atoms with Crippen LogP contribution in [-0.2, 0) is 23.9 Å². The number of hydrogen-bond donors (Lipinski definition) is 4. The average molecular weight is 386 g/mol. The van der Waals surface area contributed by atoms with Crippen LogP contribution in [0.5, 0.6) is 0 Å². The van der Waals surface area contributed by atoms with E-state index in [4.69, 9.17) is 17.2 Å². The summed E-state index contributed by atoms with van der Waals surface area (Å²) in [6, 6.07) is -1.22. The molecular weight excluding hydrogens is 368 g/mol. The molecule has 2 atom stereocenters. The second-order valence-corrected chi connectivity index (χ2v) is 4.89. The van der Waals surface area contributed by atoms with Crippen LogP contribution in [0.25, 0.3) is 0 Å². The van der Waals surface area contributed by atoms with Crippen molar-refractivity contribution < 1.29 is 39.2 Å². The van der Waals surface area contributed by atoms with E-state index in [9.17, 15) is 34.5 Å². The minimum absolute atomic E-state index is 0. The molecule has 136 valence electrons. The Morgan fingerprint density at radius 1 is 1.16 bits per heavy atom. The van der Waals surface area contributed by atoms with E-state index in [1.165, 1.54) is 0 Å². The molecule has 13 heteroatoms. The van der Waals surface area contributed by atoms with Gasteiger partial charge in [-0.2, -0.15) is 0 Å². The predicted molar refractivity (Wildman–Crippen MR) is 78.9 cm³/mol. The Morgan fingerprint density at radius 3 is 2.16 bits per heavy atom. The SMILES string of the molecule is NC(N)=NCCC[C@H](N)C(=O)OC(=O)CC(O)(CC(=O)[O-])C(=O)[O-].[Ca+2]. The van der Waals surface area contributed by atoms with Crippen molar-refractivity contribution in [3.8, 4) is 0 Å². The molecule has 7 N–H and O–H groups in total. The Hall–Kier alpha value is -1.47. The maximum Gasteiger partial charge on any atom is 2.00 e. The number of nitrogens with two attached hydrogens (primary N) is 3. The molecule has 0 aliphatic heterocycles. The van der Waals surface area contributed by atoms with E-state index >= 15 is 0 Å². The number of carboxylic acid groups (broad SMARTS) is 2. The summed E-state index contributed by atoms with van der Waals surface area (Å²) in [6.45, 7) is 0.188. The zero-order chi connectivity index (χ0) is 18.9. The van der Waals surface area contributed by atoms with Crippen molar-refractivity contribution in [2.75, 3.05) is 6.54 Å². The summed E-state index contributed by atoms with van der Waals surface area (Å²) in [5, 5.41) is 30.7. The number of rotatable bonds is 10. The second kappa shape index (κ2) is 12.0. The van der Waals surface area contributed by atoms with Gasteiger partial charge in [-0.15, -0.1) is 0 Å². The number of nitrogens with zero attached hydrogens (tertiary/aromatic N) is 1. The molecule has 0 heterocycles. The van der Waals surface area contributed by atoms with Crippen LogP contribution in [0.3, 0.4) is 0 Å². The van der Waals surface area contributed by atoms with Crippen molar-refractivity contribution in [3.05, 3.63) is 0 Å². The molecule has 0 fully saturated rings. The maximum absolute atomic E-state index is 11.5. The molecule has 0 aromatic heterocycles. The minimum Gasteiger partial charge on any atom is -0.550 e. The number of carbonyl (C=O) groups excluding carboxylic acids is 4. The molecule has 1 unspecified atom stereocenters. The molecule has 0 rings (SSSR count). The molecular formula is C12H18CaN4O8. The van der Waals surface area contributed by atoms with Gasteiger partial charge >= 0.3 is 49.7 Å². The zero-order valence-corrected chi connectivity index (χ0v) is 15.5. The molecule has 0 aliphatic carbocycles. The molecule has 0 amide bonds. The predicted octanol–water partition coefficient (Wildman–Crippen LogP) is -5.93. The van der Waals surface area contributed by atoms with Gasteiger partial charge in [0.25, 0.3) is 0 Å². The fraction of sp³-hybridized carbons (Fsp3) is 0.583. The summed E-state index contributed by atoms with van der Waals surface area (Å²) in [5.41, 5.74) is 12.6. The third kappa shape index (κ3) is 10.9. The number of carboxylic acids is 2. The van der Waals surface area contributed by atoms with Gasteiger partial charge < -0.3 is 46.8 Å². The molecule has 0 radical (unpaired) electrons. The average Bonchev–Trinajstić information content (AvgIpc) is 2.41. The molecule has 25 heavy (non-hydrogen) atoms. The first-order valence-corrected chi connectivity index (χ1v) is 6.67. The molecule has 0 aromatic rings. The number of aliphatic hydroxyl groups is 1. The van der Waals surface area contributed by atoms with E-state index in [0.717, 1.165) is 0 Å². The third-order valence-electron chi connectivity index (χ3n) is 2.74. The van der Waals surface area contributed by atoms with Crippen molar-refractivity contribution in [3.63, 3.8) is 0 Å². The first kappa shape index (κ1) is 25.8. The van der Waals surface area contributed by atoms with E-state index in [-0.39, 0.29) is 56.7 Å². The van der Waals surface area contributed by atoms with E-state index in [1.807, 2.05) is 0 Å². The molecule has 0 aromatic carbocycles. The van der Waals surface area contributed by atoms with Gasteiger partial charge in [-0.05, 0) is 12.8 Å². The summed E-state index contributed by atoms with van der Waals surface area (Å²) in [7, 11) is 0. The quantitative estimate of drug-likeness (QED) is 0.0688. The van der Waals surface area contributed by atoms with Crippen LogP contribution in [0.15, 0.2) is 4.99 Å². The van der Waals surface area contributed by atoms with Crippen LogP contribution in [0.2, 0.25) is 0 Å². The van der Waals surface area contributed by atoms with Gasteiger partial charge in [-0.3, -0.25) is 9.79 Å². The summed E-state index contributed by atoms with van der Waals surface area (Å²) in [6.07, 6.45) is -2.37. The maximum atomic E-state index is 11.5. The van der Waals surface area contributed by atoms with E-state index in [0.29, 0.717) is 6.42 Å². The molecule has 0 bridgehead atoms. The largest absolute Gasteiger partial charge is 2.00 e. The van der Waals surface area contributed by atoms with Crippen molar-refractivity contribution in [1.82, 2.24) is 0 Å². The number of guanidine groups is 1. The Kier molecular flexibility index (Phi) is 12.3. The summed E-state index contributed by atoms with van der Waals surface area (Å²) in [5.74, 6) is -6.96. The van der Waals surface area contributed by atoms with Gasteiger partial charge in [-0.1, -0.05) is 0 Å². The van der Waals surface area contributed by atoms with Gasteiger partial charge in [0.1, 0.15) is 11.6 Å². The molecule has 0 aliphatic rings.